The second kappa shape index (κ2) is 8.91. The lowest BCUT2D eigenvalue weighted by atomic mass is 10.3. The standard InChI is InChI=1S/C9H9Cl2N3.C4H4O4/c10-6-2-1-3-7(11)8(6)14-9-12-4-5-13-9;5-3(6)1-2-4(7)8/h1-3H,4-5H2,(H2,12,13,14);1-2H,(H,5,6)(H,7,8). The zero-order valence-corrected chi connectivity index (χ0v) is 12.7. The molecule has 1 heterocycles. The molecule has 1 aliphatic heterocycles. The topological polar surface area (TPSA) is 111 Å². The van der Waals surface area contributed by atoms with Gasteiger partial charge >= 0.3 is 11.9 Å². The van der Waals surface area contributed by atoms with Gasteiger partial charge in [0.2, 0.25) is 0 Å². The predicted molar refractivity (Wildman–Crippen MR) is 84.8 cm³/mol. The van der Waals surface area contributed by atoms with Gasteiger partial charge in [-0.25, -0.2) is 9.59 Å². The van der Waals surface area contributed by atoms with Gasteiger partial charge in [-0.15, -0.1) is 0 Å². The van der Waals surface area contributed by atoms with Gasteiger partial charge in [-0.05, 0) is 12.1 Å². The van der Waals surface area contributed by atoms with Crippen LogP contribution in [0.15, 0.2) is 35.3 Å². The second-order valence-corrected chi connectivity index (χ2v) is 4.70. The van der Waals surface area contributed by atoms with Crippen molar-refractivity contribution in [3.63, 3.8) is 0 Å². The van der Waals surface area contributed by atoms with E-state index in [1.165, 1.54) is 0 Å². The van der Waals surface area contributed by atoms with Crippen molar-refractivity contribution in [2.45, 2.75) is 0 Å². The zero-order valence-electron chi connectivity index (χ0n) is 11.2. The van der Waals surface area contributed by atoms with Gasteiger partial charge in [0.25, 0.3) is 0 Å². The van der Waals surface area contributed by atoms with Gasteiger partial charge in [-0.3, -0.25) is 4.99 Å². The molecule has 7 nitrogen and oxygen atoms in total. The molecule has 2 rings (SSSR count). The van der Waals surface area contributed by atoms with Gasteiger partial charge in [0, 0.05) is 18.7 Å². The SMILES string of the molecule is Clc1cccc(Cl)c1NC1=NCCN1.O=C(O)C=CC(=O)O. The highest BCUT2D eigenvalue weighted by Crippen LogP contribution is 2.29. The zero-order chi connectivity index (χ0) is 16.5. The first-order valence-corrected chi connectivity index (χ1v) is 6.79. The molecule has 0 aliphatic carbocycles. The average molecular weight is 346 g/mol. The summed E-state index contributed by atoms with van der Waals surface area (Å²) in [5.41, 5.74) is 0.698. The van der Waals surface area contributed by atoms with Crippen LogP contribution in [-0.2, 0) is 9.59 Å². The Balaban J connectivity index is 0.000000261. The Morgan fingerprint density at radius 3 is 2.14 bits per heavy atom. The van der Waals surface area contributed by atoms with Crippen LogP contribution in [-0.4, -0.2) is 41.2 Å². The van der Waals surface area contributed by atoms with E-state index in [2.05, 4.69) is 15.6 Å². The Kier molecular flexibility index (Phi) is 7.21. The first kappa shape index (κ1) is 17.8. The fraction of sp³-hybridized carbons (Fsp3) is 0.154. The van der Waals surface area contributed by atoms with Gasteiger partial charge < -0.3 is 20.8 Å². The van der Waals surface area contributed by atoms with E-state index in [9.17, 15) is 9.59 Å². The Morgan fingerprint density at radius 1 is 1.18 bits per heavy atom. The summed E-state index contributed by atoms with van der Waals surface area (Å²) in [5.74, 6) is -1.79. The second-order valence-electron chi connectivity index (χ2n) is 3.89. The molecule has 0 amide bonds. The van der Waals surface area contributed by atoms with E-state index in [1.54, 1.807) is 18.2 Å². The number of rotatable bonds is 3. The van der Waals surface area contributed by atoms with Crippen LogP contribution in [0.1, 0.15) is 0 Å². The molecule has 0 unspecified atom stereocenters. The van der Waals surface area contributed by atoms with Crippen LogP contribution in [0.3, 0.4) is 0 Å². The van der Waals surface area contributed by atoms with Crippen LogP contribution < -0.4 is 10.6 Å². The van der Waals surface area contributed by atoms with Crippen LogP contribution >= 0.6 is 23.2 Å². The number of carboxylic acids is 2. The van der Waals surface area contributed by atoms with Gasteiger partial charge in [-0.2, -0.15) is 0 Å². The quantitative estimate of drug-likeness (QED) is 0.624. The molecular weight excluding hydrogens is 333 g/mol. The molecule has 1 aromatic rings. The number of aliphatic imine (C=N–C) groups is 1. The van der Waals surface area contributed by atoms with E-state index in [0.29, 0.717) is 27.9 Å². The maximum atomic E-state index is 9.55. The minimum absolute atomic E-state index is 0.558. The third-order valence-electron chi connectivity index (χ3n) is 2.25. The number of hydrogen-bond acceptors (Lipinski definition) is 5. The molecule has 0 spiro atoms. The number of hydrogen-bond donors (Lipinski definition) is 4. The van der Waals surface area contributed by atoms with Crippen molar-refractivity contribution in [2.24, 2.45) is 4.99 Å². The molecule has 0 fully saturated rings. The first-order valence-electron chi connectivity index (χ1n) is 6.03. The smallest absolute Gasteiger partial charge is 0.328 e. The summed E-state index contributed by atoms with van der Waals surface area (Å²) in [4.78, 5) is 23.3. The molecule has 0 radical (unpaired) electrons. The highest BCUT2D eigenvalue weighted by molar-refractivity contribution is 6.39. The molecule has 9 heteroatoms. The Labute approximate surface area is 136 Å². The van der Waals surface area contributed by atoms with E-state index in [1.807, 2.05) is 0 Å². The number of aliphatic carboxylic acids is 2. The Hall–Kier alpha value is -2.25. The van der Waals surface area contributed by atoms with Crippen LogP contribution in [0, 0.1) is 0 Å². The van der Waals surface area contributed by atoms with Crippen molar-refractivity contribution in [3.05, 3.63) is 40.4 Å². The number of anilines is 1. The summed E-state index contributed by atoms with van der Waals surface area (Å²) >= 11 is 12.0. The summed E-state index contributed by atoms with van der Waals surface area (Å²) in [5, 5.41) is 22.9. The van der Waals surface area contributed by atoms with E-state index < -0.39 is 11.9 Å². The van der Waals surface area contributed by atoms with E-state index in [-0.39, 0.29) is 0 Å². The fourth-order valence-corrected chi connectivity index (χ4v) is 1.85. The van der Waals surface area contributed by atoms with E-state index >= 15 is 0 Å². The monoisotopic (exact) mass is 345 g/mol. The van der Waals surface area contributed by atoms with Crippen molar-refractivity contribution >= 4 is 46.8 Å². The van der Waals surface area contributed by atoms with Crippen molar-refractivity contribution < 1.29 is 19.8 Å². The third-order valence-corrected chi connectivity index (χ3v) is 2.88. The molecule has 1 aromatic carbocycles. The average Bonchev–Trinajstić information content (AvgIpc) is 2.95. The molecule has 0 atom stereocenters. The summed E-state index contributed by atoms with van der Waals surface area (Å²) in [6.07, 6.45) is 1.12. The minimum atomic E-state index is -1.26. The number of carboxylic acid groups (broad SMARTS) is 2. The van der Waals surface area contributed by atoms with Crippen molar-refractivity contribution in [1.29, 1.82) is 0 Å². The largest absolute Gasteiger partial charge is 0.478 e. The van der Waals surface area contributed by atoms with Gasteiger partial charge in [-0.1, -0.05) is 29.3 Å². The lowest BCUT2D eigenvalue weighted by Gasteiger charge is -2.09. The lowest BCUT2D eigenvalue weighted by molar-refractivity contribution is -0.134. The maximum Gasteiger partial charge on any atom is 0.328 e. The molecule has 22 heavy (non-hydrogen) atoms. The number of halogens is 2. The number of nitrogens with zero attached hydrogens (tertiary/aromatic N) is 1. The normalized spacial score (nSPS) is 12.9. The minimum Gasteiger partial charge on any atom is -0.478 e. The van der Waals surface area contributed by atoms with Gasteiger partial charge in [0.15, 0.2) is 5.96 Å². The molecule has 1 aliphatic rings. The maximum absolute atomic E-state index is 9.55. The summed E-state index contributed by atoms with van der Waals surface area (Å²) in [6.45, 7) is 1.63. The van der Waals surface area contributed by atoms with Crippen LogP contribution in [0.2, 0.25) is 10.0 Å². The third kappa shape index (κ3) is 6.47. The summed E-state index contributed by atoms with van der Waals surface area (Å²) < 4.78 is 0. The fourth-order valence-electron chi connectivity index (χ4n) is 1.36. The molecule has 0 bridgehead atoms. The highest BCUT2D eigenvalue weighted by Gasteiger charge is 2.09. The van der Waals surface area contributed by atoms with Crippen LogP contribution in [0.4, 0.5) is 5.69 Å². The Bertz CT molecular complexity index is 581. The van der Waals surface area contributed by atoms with Crippen molar-refractivity contribution in [3.8, 4) is 0 Å². The van der Waals surface area contributed by atoms with Gasteiger partial charge in [0.1, 0.15) is 0 Å². The number of para-hydroxylation sites is 1. The number of nitrogens with one attached hydrogen (secondary N) is 2. The van der Waals surface area contributed by atoms with Crippen LogP contribution in [0.5, 0.6) is 0 Å². The number of guanidine groups is 1. The molecule has 118 valence electrons. The lowest BCUT2D eigenvalue weighted by Crippen LogP contribution is -2.26. The highest BCUT2D eigenvalue weighted by atomic mass is 35.5. The van der Waals surface area contributed by atoms with Crippen molar-refractivity contribution in [2.75, 3.05) is 18.4 Å². The molecular formula is C13H13Cl2N3O4. The number of benzene rings is 1. The predicted octanol–water partition coefficient (Wildman–Crippen LogP) is 2.08. The number of carbonyl (C=O) groups is 2. The first-order chi connectivity index (χ1) is 10.4. The molecule has 0 saturated heterocycles. The summed E-state index contributed by atoms with van der Waals surface area (Å²) in [6, 6.07) is 5.37. The van der Waals surface area contributed by atoms with E-state index in [0.717, 1.165) is 19.0 Å². The van der Waals surface area contributed by atoms with E-state index in [4.69, 9.17) is 33.4 Å². The molecule has 0 aromatic heterocycles. The Morgan fingerprint density at radius 2 is 1.73 bits per heavy atom. The molecule has 4 N–H and O–H groups in total. The molecule has 0 saturated carbocycles. The summed E-state index contributed by atoms with van der Waals surface area (Å²) in [7, 11) is 0. The van der Waals surface area contributed by atoms with Gasteiger partial charge in [0.05, 0.1) is 22.3 Å². The van der Waals surface area contributed by atoms with Crippen molar-refractivity contribution in [1.82, 2.24) is 5.32 Å². The van der Waals surface area contributed by atoms with Crippen LogP contribution in [0.25, 0.3) is 0 Å².